The van der Waals surface area contributed by atoms with E-state index in [1.807, 2.05) is 12.1 Å². The van der Waals surface area contributed by atoms with Gasteiger partial charge in [0.15, 0.2) is 5.16 Å². The molecule has 1 aromatic carbocycles. The number of anilines is 1. The summed E-state index contributed by atoms with van der Waals surface area (Å²) in [6.45, 7) is 2.62. The number of benzene rings is 1. The Morgan fingerprint density at radius 3 is 2.87 bits per heavy atom. The molecule has 2 amide bonds. The van der Waals surface area contributed by atoms with Crippen molar-refractivity contribution in [2.24, 2.45) is 5.73 Å². The molecule has 0 fully saturated rings. The topological polar surface area (TPSA) is 107 Å². The number of para-hydroxylation sites is 1. The Labute approximate surface area is 188 Å². The maximum atomic E-state index is 12.9. The Morgan fingerprint density at radius 1 is 1.29 bits per heavy atom. The monoisotopic (exact) mass is 456 g/mol. The summed E-state index contributed by atoms with van der Waals surface area (Å²) in [7, 11) is 0. The smallest absolute Gasteiger partial charge is 0.262 e. The number of nitrogens with zero attached hydrogens (tertiary/aromatic N) is 2. The van der Waals surface area contributed by atoms with Gasteiger partial charge in [-0.1, -0.05) is 37.2 Å². The van der Waals surface area contributed by atoms with E-state index in [0.717, 1.165) is 42.5 Å². The molecule has 0 unspecified atom stereocenters. The van der Waals surface area contributed by atoms with Crippen molar-refractivity contribution in [2.75, 3.05) is 11.1 Å². The number of thioether (sulfide) groups is 1. The van der Waals surface area contributed by atoms with E-state index in [2.05, 4.69) is 17.2 Å². The lowest BCUT2D eigenvalue weighted by Gasteiger charge is -2.13. The Morgan fingerprint density at radius 2 is 2.10 bits per heavy atom. The van der Waals surface area contributed by atoms with Crippen LogP contribution in [0.3, 0.4) is 0 Å². The summed E-state index contributed by atoms with van der Waals surface area (Å²) < 4.78 is 1.65. The molecule has 0 atom stereocenters. The van der Waals surface area contributed by atoms with E-state index in [-0.39, 0.29) is 17.2 Å². The van der Waals surface area contributed by atoms with Crippen LogP contribution in [0.25, 0.3) is 10.9 Å². The van der Waals surface area contributed by atoms with Gasteiger partial charge in [-0.25, -0.2) is 4.98 Å². The van der Waals surface area contributed by atoms with Crippen LogP contribution in [0.4, 0.5) is 5.00 Å². The summed E-state index contributed by atoms with van der Waals surface area (Å²) in [4.78, 5) is 43.3. The lowest BCUT2D eigenvalue weighted by Crippen LogP contribution is -2.24. The predicted octanol–water partition coefficient (Wildman–Crippen LogP) is 3.58. The molecule has 0 bridgehead atoms. The van der Waals surface area contributed by atoms with E-state index in [9.17, 15) is 14.4 Å². The first kappa shape index (κ1) is 21.6. The number of amides is 2. The normalized spacial score (nSPS) is 12.8. The summed E-state index contributed by atoms with van der Waals surface area (Å²) in [5.41, 5.74) is 7.52. The van der Waals surface area contributed by atoms with Crippen molar-refractivity contribution >= 4 is 50.8 Å². The number of primary amides is 1. The fraction of sp³-hybridized carbons (Fsp3) is 0.364. The fourth-order valence-corrected chi connectivity index (χ4v) is 5.95. The van der Waals surface area contributed by atoms with Crippen LogP contribution in [-0.4, -0.2) is 27.1 Å². The summed E-state index contributed by atoms with van der Waals surface area (Å²) in [5, 5.41) is 4.47. The van der Waals surface area contributed by atoms with E-state index < -0.39 is 5.91 Å². The standard InChI is InChI=1S/C22H24N4O3S2/c1-2-3-11-26-21(29)13-7-4-5-9-15(13)24-22(26)30-12-17(27)25-20-18(19(23)28)14-8-6-10-16(14)31-20/h4-5,7,9H,2-3,6,8,10-12H2,1H3,(H2,23,28)(H,25,27). The zero-order valence-corrected chi connectivity index (χ0v) is 18.9. The number of aromatic nitrogens is 2. The first-order valence-electron chi connectivity index (χ1n) is 10.4. The minimum atomic E-state index is -0.507. The second-order valence-electron chi connectivity index (χ2n) is 7.48. The number of hydrogen-bond donors (Lipinski definition) is 2. The van der Waals surface area contributed by atoms with Crippen molar-refractivity contribution in [1.82, 2.24) is 9.55 Å². The first-order valence-corrected chi connectivity index (χ1v) is 12.2. The van der Waals surface area contributed by atoms with Crippen LogP contribution in [-0.2, 0) is 24.2 Å². The fourth-order valence-electron chi connectivity index (χ4n) is 3.82. The molecule has 0 saturated heterocycles. The molecule has 3 aromatic rings. The Balaban J connectivity index is 1.55. The Bertz CT molecular complexity index is 1220. The van der Waals surface area contributed by atoms with Crippen molar-refractivity contribution < 1.29 is 9.59 Å². The van der Waals surface area contributed by atoms with Crippen LogP contribution >= 0.6 is 23.1 Å². The molecule has 0 aliphatic heterocycles. The van der Waals surface area contributed by atoms with Gasteiger partial charge in [-0.15, -0.1) is 11.3 Å². The minimum absolute atomic E-state index is 0.0810. The van der Waals surface area contributed by atoms with Crippen molar-refractivity contribution in [3.05, 3.63) is 50.6 Å². The maximum Gasteiger partial charge on any atom is 0.262 e. The molecular weight excluding hydrogens is 432 g/mol. The zero-order chi connectivity index (χ0) is 22.0. The molecule has 2 aromatic heterocycles. The zero-order valence-electron chi connectivity index (χ0n) is 17.3. The number of fused-ring (bicyclic) bond motifs is 2. The number of nitrogens with two attached hydrogens (primary N) is 1. The van der Waals surface area contributed by atoms with Crippen LogP contribution in [0, 0.1) is 0 Å². The molecule has 1 aliphatic rings. The highest BCUT2D eigenvalue weighted by atomic mass is 32.2. The van der Waals surface area contributed by atoms with Gasteiger partial charge in [0, 0.05) is 11.4 Å². The summed E-state index contributed by atoms with van der Waals surface area (Å²) >= 11 is 2.66. The van der Waals surface area contributed by atoms with E-state index in [1.54, 1.807) is 16.7 Å². The third-order valence-electron chi connectivity index (χ3n) is 5.31. The minimum Gasteiger partial charge on any atom is -0.365 e. The summed E-state index contributed by atoms with van der Waals surface area (Å²) in [5.74, 6) is -0.679. The van der Waals surface area contributed by atoms with Gasteiger partial charge in [0.05, 0.1) is 22.2 Å². The number of aryl methyl sites for hydroxylation is 1. The molecule has 1 aliphatic carbocycles. The highest BCUT2D eigenvalue weighted by Gasteiger charge is 2.26. The van der Waals surface area contributed by atoms with Crippen molar-refractivity contribution in [3.63, 3.8) is 0 Å². The SMILES string of the molecule is CCCCn1c(SCC(=O)Nc2sc3c(c2C(N)=O)CCC3)nc2ccccc2c1=O. The van der Waals surface area contributed by atoms with Gasteiger partial charge in [-0.05, 0) is 43.4 Å². The maximum absolute atomic E-state index is 12.9. The number of carbonyl (C=O) groups excluding carboxylic acids is 2. The second-order valence-corrected chi connectivity index (χ2v) is 9.53. The number of nitrogens with one attached hydrogen (secondary N) is 1. The molecular formula is C22H24N4O3S2. The van der Waals surface area contributed by atoms with Gasteiger partial charge in [0.25, 0.3) is 11.5 Å². The van der Waals surface area contributed by atoms with E-state index in [0.29, 0.717) is 33.2 Å². The van der Waals surface area contributed by atoms with Crippen LogP contribution < -0.4 is 16.6 Å². The predicted molar refractivity (Wildman–Crippen MR) is 125 cm³/mol. The van der Waals surface area contributed by atoms with Crippen molar-refractivity contribution in [3.8, 4) is 0 Å². The molecule has 31 heavy (non-hydrogen) atoms. The van der Waals surface area contributed by atoms with Crippen LogP contribution in [0.5, 0.6) is 0 Å². The first-order chi connectivity index (χ1) is 15.0. The molecule has 0 spiro atoms. The second kappa shape index (κ2) is 9.23. The highest BCUT2D eigenvalue weighted by molar-refractivity contribution is 7.99. The van der Waals surface area contributed by atoms with Crippen molar-refractivity contribution in [1.29, 1.82) is 0 Å². The average molecular weight is 457 g/mol. The average Bonchev–Trinajstić information content (AvgIpc) is 3.32. The van der Waals surface area contributed by atoms with Crippen LogP contribution in [0.2, 0.25) is 0 Å². The molecule has 162 valence electrons. The molecule has 4 rings (SSSR count). The molecule has 0 saturated carbocycles. The molecule has 9 heteroatoms. The van der Waals surface area contributed by atoms with Gasteiger partial charge in [0.2, 0.25) is 5.91 Å². The van der Waals surface area contributed by atoms with Gasteiger partial charge in [-0.3, -0.25) is 19.0 Å². The van der Waals surface area contributed by atoms with Gasteiger partial charge >= 0.3 is 0 Å². The molecule has 3 N–H and O–H groups in total. The largest absolute Gasteiger partial charge is 0.365 e. The van der Waals surface area contributed by atoms with Gasteiger partial charge in [-0.2, -0.15) is 0 Å². The molecule has 2 heterocycles. The molecule has 0 radical (unpaired) electrons. The molecule has 7 nitrogen and oxygen atoms in total. The number of unbranched alkanes of at least 4 members (excludes halogenated alkanes) is 1. The third kappa shape index (κ3) is 4.38. The van der Waals surface area contributed by atoms with Crippen LogP contribution in [0.1, 0.15) is 47.0 Å². The number of carbonyl (C=O) groups is 2. The van der Waals surface area contributed by atoms with Crippen molar-refractivity contribution in [2.45, 2.75) is 50.7 Å². The number of rotatable bonds is 8. The third-order valence-corrected chi connectivity index (χ3v) is 7.50. The lowest BCUT2D eigenvalue weighted by molar-refractivity contribution is -0.113. The Hall–Kier alpha value is -2.65. The quantitative estimate of drug-likeness (QED) is 0.398. The van der Waals surface area contributed by atoms with Crippen LogP contribution in [0.15, 0.2) is 34.2 Å². The van der Waals surface area contributed by atoms with Gasteiger partial charge < -0.3 is 11.1 Å². The highest BCUT2D eigenvalue weighted by Crippen LogP contribution is 2.38. The number of hydrogen-bond acceptors (Lipinski definition) is 6. The van der Waals surface area contributed by atoms with E-state index in [1.165, 1.54) is 23.1 Å². The Kier molecular flexibility index (Phi) is 6.43. The van der Waals surface area contributed by atoms with Gasteiger partial charge in [0.1, 0.15) is 5.00 Å². The number of thiophene rings is 1. The lowest BCUT2D eigenvalue weighted by atomic mass is 10.1. The van der Waals surface area contributed by atoms with E-state index in [4.69, 9.17) is 5.73 Å². The van der Waals surface area contributed by atoms with E-state index >= 15 is 0 Å². The summed E-state index contributed by atoms with van der Waals surface area (Å²) in [6, 6.07) is 7.24. The summed E-state index contributed by atoms with van der Waals surface area (Å²) in [6.07, 6.45) is 4.54.